The van der Waals surface area contributed by atoms with Crippen LogP contribution in [0.25, 0.3) is 0 Å². The second kappa shape index (κ2) is 6.45. The highest BCUT2D eigenvalue weighted by Crippen LogP contribution is 2.33. The molecule has 0 saturated carbocycles. The average Bonchev–Trinajstić information content (AvgIpc) is 2.96. The Morgan fingerprint density at radius 2 is 2.00 bits per heavy atom. The summed E-state index contributed by atoms with van der Waals surface area (Å²) < 4.78 is 40.4. The van der Waals surface area contributed by atoms with Crippen LogP contribution in [0.15, 0.2) is 29.3 Å². The van der Waals surface area contributed by atoms with Crippen LogP contribution in [0.1, 0.15) is 30.1 Å². The molecule has 0 bridgehead atoms. The minimum Gasteiger partial charge on any atom is -0.493 e. The first-order chi connectivity index (χ1) is 11.5. The Morgan fingerprint density at radius 3 is 2.71 bits per heavy atom. The largest absolute Gasteiger partial charge is 0.493 e. The van der Waals surface area contributed by atoms with Gasteiger partial charge >= 0.3 is 0 Å². The monoisotopic (exact) mass is 351 g/mol. The summed E-state index contributed by atoms with van der Waals surface area (Å²) in [6, 6.07) is 4.30. The lowest BCUT2D eigenvalue weighted by molar-refractivity contribution is 0.354. The summed E-state index contributed by atoms with van der Waals surface area (Å²) in [6.45, 7) is 0. The van der Waals surface area contributed by atoms with Crippen molar-refractivity contribution in [3.63, 3.8) is 0 Å². The number of nitrogens with one attached hydrogen (secondary N) is 1. The van der Waals surface area contributed by atoms with Gasteiger partial charge in [-0.2, -0.15) is 5.10 Å². The predicted molar refractivity (Wildman–Crippen MR) is 88.8 cm³/mol. The molecule has 0 saturated heterocycles. The zero-order valence-corrected chi connectivity index (χ0v) is 14.8. The number of aryl methyl sites for hydroxylation is 1. The molecule has 1 aromatic heterocycles. The van der Waals surface area contributed by atoms with Gasteiger partial charge in [0, 0.05) is 24.4 Å². The first-order valence-corrected chi connectivity index (χ1v) is 9.19. The van der Waals surface area contributed by atoms with Crippen LogP contribution in [-0.2, 0) is 23.5 Å². The molecule has 130 valence electrons. The molecule has 0 amide bonds. The van der Waals surface area contributed by atoms with Gasteiger partial charge in [0.05, 0.1) is 31.4 Å². The number of sulfonamides is 1. The summed E-state index contributed by atoms with van der Waals surface area (Å²) in [7, 11) is 1.19. The van der Waals surface area contributed by atoms with Crippen molar-refractivity contribution in [1.29, 1.82) is 0 Å². The van der Waals surface area contributed by atoms with Gasteiger partial charge in [-0.1, -0.05) is 0 Å². The van der Waals surface area contributed by atoms with E-state index in [4.69, 9.17) is 9.47 Å². The van der Waals surface area contributed by atoms with E-state index >= 15 is 0 Å². The van der Waals surface area contributed by atoms with Crippen LogP contribution < -0.4 is 14.2 Å². The smallest absolute Gasteiger partial charge is 0.241 e. The summed E-state index contributed by atoms with van der Waals surface area (Å²) in [4.78, 5) is 0.149. The number of methoxy groups -OCH3 is 2. The topological polar surface area (TPSA) is 82.5 Å². The molecule has 0 spiro atoms. The van der Waals surface area contributed by atoms with Gasteiger partial charge in [0.1, 0.15) is 0 Å². The minimum atomic E-state index is -3.67. The quantitative estimate of drug-likeness (QED) is 0.888. The standard InChI is InChI=1S/C16H21N3O4S/c1-19-14-6-4-5-13(12(14)10-17-19)18-24(20,21)11-7-8-15(22-2)16(9-11)23-3/h7-10,13,18H,4-6H2,1-3H3/t13-/m1/s1. The van der Waals surface area contributed by atoms with Crippen molar-refractivity contribution in [1.82, 2.24) is 14.5 Å². The summed E-state index contributed by atoms with van der Waals surface area (Å²) in [5, 5.41) is 4.25. The zero-order chi connectivity index (χ0) is 17.3. The summed E-state index contributed by atoms with van der Waals surface area (Å²) in [5.41, 5.74) is 2.04. The second-order valence-electron chi connectivity index (χ2n) is 5.75. The number of aromatic nitrogens is 2. The van der Waals surface area contributed by atoms with E-state index in [1.54, 1.807) is 12.3 Å². The van der Waals surface area contributed by atoms with Gasteiger partial charge in [0.2, 0.25) is 10.0 Å². The Kier molecular flexibility index (Phi) is 4.51. The SMILES string of the molecule is COc1ccc(S(=O)(=O)N[C@@H]2CCCc3c2cnn3C)cc1OC. The molecule has 0 unspecified atom stereocenters. The van der Waals surface area contributed by atoms with Crippen LogP contribution in [-0.4, -0.2) is 32.4 Å². The molecular weight excluding hydrogens is 330 g/mol. The fourth-order valence-corrected chi connectivity index (χ4v) is 4.33. The highest BCUT2D eigenvalue weighted by molar-refractivity contribution is 7.89. The Balaban J connectivity index is 1.90. The fraction of sp³-hybridized carbons (Fsp3) is 0.438. The van der Waals surface area contributed by atoms with Gasteiger partial charge in [0.25, 0.3) is 0 Å². The number of hydrogen-bond acceptors (Lipinski definition) is 5. The first-order valence-electron chi connectivity index (χ1n) is 7.71. The molecule has 1 aliphatic rings. The van der Waals surface area contributed by atoms with E-state index in [9.17, 15) is 8.42 Å². The molecule has 0 radical (unpaired) electrons. The summed E-state index contributed by atoms with van der Waals surface area (Å²) >= 11 is 0. The van der Waals surface area contributed by atoms with Gasteiger partial charge in [-0.25, -0.2) is 13.1 Å². The summed E-state index contributed by atoms with van der Waals surface area (Å²) in [5.74, 6) is 0.870. The lowest BCUT2D eigenvalue weighted by Gasteiger charge is -2.23. The van der Waals surface area contributed by atoms with Crippen LogP contribution in [0.5, 0.6) is 11.5 Å². The maximum absolute atomic E-state index is 12.8. The Labute approximate surface area is 141 Å². The van der Waals surface area contributed by atoms with E-state index in [1.165, 1.54) is 26.4 Å². The maximum atomic E-state index is 12.8. The van der Waals surface area contributed by atoms with E-state index < -0.39 is 10.0 Å². The van der Waals surface area contributed by atoms with E-state index in [0.717, 1.165) is 30.5 Å². The first kappa shape index (κ1) is 16.8. The van der Waals surface area contributed by atoms with Crippen molar-refractivity contribution in [2.75, 3.05) is 14.2 Å². The van der Waals surface area contributed by atoms with E-state index in [1.807, 2.05) is 11.7 Å². The average molecular weight is 351 g/mol. The molecule has 1 aromatic carbocycles. The molecule has 1 atom stereocenters. The molecule has 2 aromatic rings. The number of rotatable bonds is 5. The van der Waals surface area contributed by atoms with Crippen molar-refractivity contribution >= 4 is 10.0 Å². The number of fused-ring (bicyclic) bond motifs is 1. The zero-order valence-electron chi connectivity index (χ0n) is 13.9. The van der Waals surface area contributed by atoms with Gasteiger partial charge in [0.15, 0.2) is 11.5 Å². The van der Waals surface area contributed by atoms with Crippen molar-refractivity contribution in [2.24, 2.45) is 7.05 Å². The molecule has 0 fully saturated rings. The third-order valence-corrected chi connectivity index (χ3v) is 5.81. The predicted octanol–water partition coefficient (Wildman–Crippen LogP) is 1.79. The Hall–Kier alpha value is -2.06. The molecular formula is C16H21N3O4S. The van der Waals surface area contributed by atoms with Crippen molar-refractivity contribution in [2.45, 2.75) is 30.2 Å². The van der Waals surface area contributed by atoms with Gasteiger partial charge in [-0.05, 0) is 31.4 Å². The minimum absolute atomic E-state index is 0.149. The highest BCUT2D eigenvalue weighted by atomic mass is 32.2. The van der Waals surface area contributed by atoms with Gasteiger partial charge in [-0.15, -0.1) is 0 Å². The number of nitrogens with zero attached hydrogens (tertiary/aromatic N) is 2. The number of ether oxygens (including phenoxy) is 2. The molecule has 1 heterocycles. The molecule has 24 heavy (non-hydrogen) atoms. The normalized spacial score (nSPS) is 17.4. The number of benzene rings is 1. The van der Waals surface area contributed by atoms with E-state index in [2.05, 4.69) is 9.82 Å². The lowest BCUT2D eigenvalue weighted by Crippen LogP contribution is -2.31. The molecule has 3 rings (SSSR count). The molecule has 1 N–H and O–H groups in total. The molecule has 7 nitrogen and oxygen atoms in total. The van der Waals surface area contributed by atoms with E-state index in [-0.39, 0.29) is 10.9 Å². The second-order valence-corrected chi connectivity index (χ2v) is 7.47. The summed E-state index contributed by atoms with van der Waals surface area (Å²) in [6.07, 6.45) is 4.34. The van der Waals surface area contributed by atoms with Crippen molar-refractivity contribution in [3.8, 4) is 11.5 Å². The molecule has 8 heteroatoms. The van der Waals surface area contributed by atoms with Crippen LogP contribution in [0.3, 0.4) is 0 Å². The van der Waals surface area contributed by atoms with Crippen LogP contribution in [0.2, 0.25) is 0 Å². The lowest BCUT2D eigenvalue weighted by atomic mass is 9.94. The fourth-order valence-electron chi connectivity index (χ4n) is 3.07. The van der Waals surface area contributed by atoms with Crippen molar-refractivity contribution < 1.29 is 17.9 Å². The third-order valence-electron chi connectivity index (χ3n) is 4.34. The molecule has 1 aliphatic carbocycles. The van der Waals surface area contributed by atoms with E-state index in [0.29, 0.717) is 11.5 Å². The molecule has 0 aliphatic heterocycles. The Bertz CT molecular complexity index is 845. The van der Waals surface area contributed by atoms with Crippen LogP contribution in [0.4, 0.5) is 0 Å². The van der Waals surface area contributed by atoms with Gasteiger partial charge < -0.3 is 9.47 Å². The van der Waals surface area contributed by atoms with Crippen molar-refractivity contribution in [3.05, 3.63) is 35.7 Å². The highest BCUT2D eigenvalue weighted by Gasteiger charge is 2.28. The number of hydrogen-bond donors (Lipinski definition) is 1. The van der Waals surface area contributed by atoms with Gasteiger partial charge in [-0.3, -0.25) is 4.68 Å². The van der Waals surface area contributed by atoms with Crippen LogP contribution >= 0.6 is 0 Å². The van der Waals surface area contributed by atoms with Crippen LogP contribution in [0, 0.1) is 0 Å². The third kappa shape index (κ3) is 2.99. The Morgan fingerprint density at radius 1 is 1.25 bits per heavy atom. The maximum Gasteiger partial charge on any atom is 0.241 e.